The Hall–Kier alpha value is -1.82. The van der Waals surface area contributed by atoms with Gasteiger partial charge < -0.3 is 5.11 Å². The van der Waals surface area contributed by atoms with Crippen molar-refractivity contribution in [2.24, 2.45) is 40.4 Å². The number of fused-ring (bicyclic) bond motifs is 6. The molecule has 4 saturated carbocycles. The van der Waals surface area contributed by atoms with Gasteiger partial charge in [-0.15, -0.1) is 5.10 Å². The van der Waals surface area contributed by atoms with Crippen LogP contribution in [0.5, 0.6) is 0 Å². The molecule has 1 heterocycles. The summed E-state index contributed by atoms with van der Waals surface area (Å²) >= 11 is 0. The summed E-state index contributed by atoms with van der Waals surface area (Å²) < 4.78 is 15.4. The molecule has 0 radical (unpaired) electrons. The lowest BCUT2D eigenvalue weighted by atomic mass is 9.44. The molecule has 0 bridgehead atoms. The van der Waals surface area contributed by atoms with Crippen molar-refractivity contribution < 1.29 is 14.3 Å². The second-order valence-electron chi connectivity index (χ2n) is 12.9. The van der Waals surface area contributed by atoms with Crippen LogP contribution in [0.1, 0.15) is 78.6 Å². The maximum absolute atomic E-state index is 13.8. The molecule has 4 aliphatic rings. The number of carbonyl (C=O) groups is 1. The van der Waals surface area contributed by atoms with E-state index < -0.39 is 5.60 Å². The van der Waals surface area contributed by atoms with Crippen LogP contribution in [0, 0.1) is 46.2 Å². The third-order valence-corrected chi connectivity index (χ3v) is 11.1. The summed E-state index contributed by atoms with van der Waals surface area (Å²) in [6.45, 7) is 7.09. The molecular formula is C28H38FN3O2. The van der Waals surface area contributed by atoms with Crippen LogP contribution < -0.4 is 0 Å². The third-order valence-electron chi connectivity index (χ3n) is 11.1. The van der Waals surface area contributed by atoms with Crippen molar-refractivity contribution in [3.8, 4) is 0 Å². The van der Waals surface area contributed by atoms with Gasteiger partial charge in [0.05, 0.1) is 11.1 Å². The molecule has 1 N–H and O–H groups in total. The van der Waals surface area contributed by atoms with E-state index in [0.29, 0.717) is 34.2 Å². The first-order valence-electron chi connectivity index (χ1n) is 13.3. The Morgan fingerprint density at radius 2 is 1.85 bits per heavy atom. The lowest BCUT2D eigenvalue weighted by Gasteiger charge is -2.61. The van der Waals surface area contributed by atoms with Gasteiger partial charge in [0.2, 0.25) is 0 Å². The summed E-state index contributed by atoms with van der Waals surface area (Å²) in [5, 5.41) is 19.0. The number of halogens is 1. The van der Waals surface area contributed by atoms with Crippen LogP contribution in [-0.2, 0) is 11.3 Å². The number of benzene rings is 1. The second kappa shape index (κ2) is 7.59. The molecule has 8 atom stereocenters. The first-order chi connectivity index (χ1) is 16.1. The highest BCUT2D eigenvalue weighted by Crippen LogP contribution is 2.68. The zero-order valence-corrected chi connectivity index (χ0v) is 20.8. The molecule has 0 aliphatic heterocycles. The Bertz CT molecular complexity index is 1130. The van der Waals surface area contributed by atoms with Gasteiger partial charge in [0.1, 0.15) is 17.9 Å². The van der Waals surface area contributed by atoms with E-state index in [1.54, 1.807) is 10.7 Å². The fourth-order valence-corrected chi connectivity index (χ4v) is 9.27. The average molecular weight is 468 g/mol. The molecule has 0 amide bonds. The van der Waals surface area contributed by atoms with Crippen LogP contribution in [0.15, 0.2) is 18.2 Å². The summed E-state index contributed by atoms with van der Waals surface area (Å²) in [5.41, 5.74) is 1.10. The van der Waals surface area contributed by atoms with E-state index in [4.69, 9.17) is 0 Å². The Kier molecular flexibility index (Phi) is 5.05. The molecule has 5 nitrogen and oxygen atoms in total. The van der Waals surface area contributed by atoms with Gasteiger partial charge in [0, 0.05) is 12.0 Å². The lowest BCUT2D eigenvalue weighted by molar-refractivity contribution is -0.151. The normalized spacial score (nSPS) is 43.9. The molecule has 0 saturated heterocycles. The van der Waals surface area contributed by atoms with Crippen molar-refractivity contribution in [3.63, 3.8) is 0 Å². The zero-order valence-electron chi connectivity index (χ0n) is 20.8. The summed E-state index contributed by atoms with van der Waals surface area (Å²) in [6, 6.07) is 4.43. The number of aromatic nitrogens is 3. The number of rotatable bonds is 3. The fraction of sp³-hybridized carbons (Fsp3) is 0.750. The number of hydrogen-bond acceptors (Lipinski definition) is 4. The van der Waals surface area contributed by atoms with E-state index in [0.717, 1.165) is 44.4 Å². The molecule has 4 fully saturated rings. The molecule has 34 heavy (non-hydrogen) atoms. The highest BCUT2D eigenvalue weighted by Gasteiger charge is 2.61. The van der Waals surface area contributed by atoms with Crippen molar-refractivity contribution >= 4 is 16.8 Å². The van der Waals surface area contributed by atoms with Gasteiger partial charge in [0.15, 0.2) is 5.78 Å². The summed E-state index contributed by atoms with van der Waals surface area (Å²) in [7, 11) is 0. The van der Waals surface area contributed by atoms with E-state index >= 15 is 0 Å². The summed E-state index contributed by atoms with van der Waals surface area (Å²) in [6.07, 6.45) is 9.87. The second-order valence-corrected chi connectivity index (χ2v) is 12.9. The standard InChI is InChI=1S/C28H38FN3O2/c1-26(34)12-13-27(2)17(15-26)4-6-19-20-7-8-22(28(20,3)11-10-21(19)27)25(33)16-32-24-14-18(29)5-9-23(24)30-31-32/h5,9,14,17,19-22,34H,4,6-8,10-13,15-16H2,1-3H3/t17-,19+,20+,21+,22-,26-,27+,28+/m1/s1. The van der Waals surface area contributed by atoms with Crippen LogP contribution >= 0.6 is 0 Å². The van der Waals surface area contributed by atoms with Gasteiger partial charge in [-0.3, -0.25) is 4.79 Å². The highest BCUT2D eigenvalue weighted by molar-refractivity contribution is 5.84. The average Bonchev–Trinajstić information content (AvgIpc) is 3.34. The van der Waals surface area contributed by atoms with Gasteiger partial charge in [-0.1, -0.05) is 19.1 Å². The maximum Gasteiger partial charge on any atom is 0.157 e. The summed E-state index contributed by atoms with van der Waals surface area (Å²) in [5.74, 6) is 2.59. The summed E-state index contributed by atoms with van der Waals surface area (Å²) in [4.78, 5) is 13.6. The molecule has 1 aromatic carbocycles. The van der Waals surface area contributed by atoms with E-state index in [-0.39, 0.29) is 29.5 Å². The molecule has 0 spiro atoms. The minimum atomic E-state index is -0.500. The van der Waals surface area contributed by atoms with Crippen molar-refractivity contribution in [2.45, 2.75) is 90.7 Å². The Labute approximate surface area is 201 Å². The number of carbonyl (C=O) groups excluding carboxylic acids is 1. The highest BCUT2D eigenvalue weighted by atomic mass is 19.1. The van der Waals surface area contributed by atoms with Crippen molar-refractivity contribution in [1.82, 2.24) is 15.0 Å². The van der Waals surface area contributed by atoms with Gasteiger partial charge in [-0.25, -0.2) is 9.07 Å². The van der Waals surface area contributed by atoms with Gasteiger partial charge in [-0.05, 0) is 111 Å². The van der Waals surface area contributed by atoms with Gasteiger partial charge in [-0.2, -0.15) is 0 Å². The monoisotopic (exact) mass is 467 g/mol. The predicted molar refractivity (Wildman–Crippen MR) is 128 cm³/mol. The molecule has 1 aromatic heterocycles. The number of nitrogens with zero attached hydrogens (tertiary/aromatic N) is 3. The van der Waals surface area contributed by atoms with Crippen molar-refractivity contribution in [1.29, 1.82) is 0 Å². The van der Waals surface area contributed by atoms with Gasteiger partial charge in [0.25, 0.3) is 0 Å². The molecule has 184 valence electrons. The minimum absolute atomic E-state index is 0.0449. The topological polar surface area (TPSA) is 68.0 Å². The molecule has 0 unspecified atom stereocenters. The molecule has 6 rings (SSSR count). The predicted octanol–water partition coefficient (Wildman–Crippen LogP) is 5.55. The SMILES string of the molecule is C[C@@]1(O)CC[C@@]2(C)[C@H](CC[C@@H]3[C@@H]2CC[C@]2(C)[C@@H](C(=O)Cn4nnc5ccc(F)cc54)CC[C@@H]32)C1. The van der Waals surface area contributed by atoms with Gasteiger partial charge >= 0.3 is 0 Å². The maximum atomic E-state index is 13.8. The smallest absolute Gasteiger partial charge is 0.157 e. The molecule has 6 heteroatoms. The number of hydrogen-bond donors (Lipinski definition) is 1. The quantitative estimate of drug-likeness (QED) is 0.643. The van der Waals surface area contributed by atoms with E-state index in [2.05, 4.69) is 24.2 Å². The fourth-order valence-electron chi connectivity index (χ4n) is 9.27. The zero-order chi connectivity index (χ0) is 23.9. The first-order valence-corrected chi connectivity index (χ1v) is 13.3. The van der Waals surface area contributed by atoms with Crippen molar-refractivity contribution in [2.75, 3.05) is 0 Å². The van der Waals surface area contributed by atoms with Crippen molar-refractivity contribution in [3.05, 3.63) is 24.0 Å². The largest absolute Gasteiger partial charge is 0.390 e. The van der Waals surface area contributed by atoms with E-state index in [9.17, 15) is 14.3 Å². The Balaban J connectivity index is 1.22. The van der Waals surface area contributed by atoms with E-state index in [1.165, 1.54) is 31.4 Å². The first kappa shape index (κ1) is 22.6. The van der Waals surface area contributed by atoms with Crippen LogP contribution in [0.25, 0.3) is 11.0 Å². The number of aliphatic hydroxyl groups is 1. The lowest BCUT2D eigenvalue weighted by Crippen LogP contribution is -2.55. The molecule has 4 aliphatic carbocycles. The van der Waals surface area contributed by atoms with Crippen LogP contribution in [0.4, 0.5) is 4.39 Å². The molecular weight excluding hydrogens is 429 g/mol. The Morgan fingerprint density at radius 1 is 1.06 bits per heavy atom. The van der Waals surface area contributed by atoms with Crippen LogP contribution in [0.2, 0.25) is 0 Å². The number of ketones is 1. The van der Waals surface area contributed by atoms with E-state index in [1.807, 2.05) is 6.92 Å². The number of Topliss-reactive ketones (excluding diaryl/α,β-unsaturated/α-hetero) is 1. The Morgan fingerprint density at radius 3 is 2.68 bits per heavy atom. The third kappa shape index (κ3) is 3.30. The molecule has 2 aromatic rings. The van der Waals surface area contributed by atoms with Crippen LogP contribution in [0.3, 0.4) is 0 Å². The van der Waals surface area contributed by atoms with Crippen LogP contribution in [-0.4, -0.2) is 31.5 Å². The minimum Gasteiger partial charge on any atom is -0.390 e.